The Morgan fingerprint density at radius 3 is 2.79 bits per heavy atom. The van der Waals surface area contributed by atoms with Crippen molar-refractivity contribution in [3.8, 4) is 6.07 Å². The van der Waals surface area contributed by atoms with Gasteiger partial charge in [-0.2, -0.15) is 5.26 Å². The Balaban J connectivity index is 3.36. The summed E-state index contributed by atoms with van der Waals surface area (Å²) in [4.78, 5) is 20.8. The molecule has 0 atom stereocenters. The average molecular weight is 208 g/mol. The molecule has 14 heavy (non-hydrogen) atoms. The number of benzene rings is 1. The van der Waals surface area contributed by atoms with E-state index in [9.17, 15) is 9.70 Å². The van der Waals surface area contributed by atoms with Crippen LogP contribution in [0.1, 0.15) is 15.9 Å². The van der Waals surface area contributed by atoms with E-state index in [1.54, 1.807) is 6.07 Å². The van der Waals surface area contributed by atoms with Crippen LogP contribution in [0.4, 0.5) is 0 Å². The Kier molecular flexibility index (Phi) is 3.20. The maximum absolute atomic E-state index is 10.7. The van der Waals surface area contributed by atoms with E-state index >= 15 is 0 Å². The second kappa shape index (κ2) is 4.39. The van der Waals surface area contributed by atoms with Crippen molar-refractivity contribution in [1.29, 1.82) is 5.26 Å². The largest absolute Gasteiger partial charge is 0.478 e. The number of nitrogens with zero attached hydrogens (tertiary/aromatic N) is 2. The van der Waals surface area contributed by atoms with Crippen molar-refractivity contribution >= 4 is 17.9 Å². The minimum atomic E-state index is -1.19. The van der Waals surface area contributed by atoms with Crippen molar-refractivity contribution in [3.63, 3.8) is 0 Å². The molecule has 0 saturated carbocycles. The van der Waals surface area contributed by atoms with Gasteiger partial charge in [-0.3, -0.25) is 0 Å². The first-order valence-electron chi connectivity index (χ1n) is 3.46. The van der Waals surface area contributed by atoms with Crippen molar-refractivity contribution < 1.29 is 9.90 Å². The van der Waals surface area contributed by atoms with E-state index in [1.807, 2.05) is 0 Å². The summed E-state index contributed by atoms with van der Waals surface area (Å²) in [7, 11) is 0. The van der Waals surface area contributed by atoms with E-state index in [2.05, 4.69) is 4.58 Å². The van der Waals surface area contributed by atoms with Gasteiger partial charge in [0.1, 0.15) is 6.07 Å². The summed E-state index contributed by atoms with van der Waals surface area (Å²) in [6.07, 6.45) is 0. The van der Waals surface area contributed by atoms with Gasteiger partial charge in [-0.25, -0.2) is 4.79 Å². The van der Waals surface area contributed by atoms with Crippen LogP contribution in [-0.2, 0) is 0 Å². The molecular weight excluding hydrogens is 204 g/mol. The molecule has 0 aromatic heterocycles. The first-order valence-corrected chi connectivity index (χ1v) is 4.24. The van der Waals surface area contributed by atoms with Crippen LogP contribution in [0.25, 0.3) is 0 Å². The number of carboxylic acids is 1. The predicted molar refractivity (Wildman–Crippen MR) is 49.8 cm³/mol. The lowest BCUT2D eigenvalue weighted by atomic mass is 10.1. The first kappa shape index (κ1) is 10.2. The van der Waals surface area contributed by atoms with E-state index in [-0.39, 0.29) is 16.0 Å². The molecule has 5 nitrogen and oxygen atoms in total. The maximum Gasteiger partial charge on any atom is 0.336 e. The Labute approximate surface area is 83.5 Å². The smallest absolute Gasteiger partial charge is 0.336 e. The molecule has 1 N–H and O–H groups in total. The van der Waals surface area contributed by atoms with Crippen LogP contribution in [0.3, 0.4) is 0 Å². The fourth-order valence-electron chi connectivity index (χ4n) is 0.929. The third-order valence-electron chi connectivity index (χ3n) is 1.49. The van der Waals surface area contributed by atoms with E-state index in [1.165, 1.54) is 18.2 Å². The molecule has 1 rings (SSSR count). The van der Waals surface area contributed by atoms with Gasteiger partial charge in [-0.15, -0.1) is 4.91 Å². The molecule has 0 spiro atoms. The zero-order chi connectivity index (χ0) is 10.6. The first-order chi connectivity index (χ1) is 6.70. The minimum absolute atomic E-state index is 0.0810. The highest BCUT2D eigenvalue weighted by molar-refractivity contribution is 7.98. The Bertz CT molecular complexity index is 425. The van der Waals surface area contributed by atoms with Gasteiger partial charge in [-0.1, -0.05) is 6.07 Å². The van der Waals surface area contributed by atoms with Crippen molar-refractivity contribution in [1.82, 2.24) is 0 Å². The van der Waals surface area contributed by atoms with Crippen LogP contribution in [0.5, 0.6) is 0 Å². The number of aromatic carboxylic acids is 1. The molecule has 6 heteroatoms. The normalized spacial score (nSPS) is 9.07. The molecule has 0 saturated heterocycles. The molecule has 0 heterocycles. The van der Waals surface area contributed by atoms with Crippen molar-refractivity contribution in [2.45, 2.75) is 4.90 Å². The summed E-state index contributed by atoms with van der Waals surface area (Å²) < 4.78 is 2.51. The van der Waals surface area contributed by atoms with Crippen molar-refractivity contribution in [3.05, 3.63) is 34.2 Å². The number of nitriles is 1. The lowest BCUT2D eigenvalue weighted by molar-refractivity contribution is 0.0693. The lowest BCUT2D eigenvalue weighted by Gasteiger charge is -2.01. The van der Waals surface area contributed by atoms with Gasteiger partial charge in [-0.05, 0) is 12.1 Å². The summed E-state index contributed by atoms with van der Waals surface area (Å²) in [5.41, 5.74) is 0.0446. The molecule has 0 aliphatic rings. The Morgan fingerprint density at radius 2 is 2.29 bits per heavy atom. The van der Waals surface area contributed by atoms with E-state index in [4.69, 9.17) is 10.4 Å². The van der Waals surface area contributed by atoms with Gasteiger partial charge < -0.3 is 5.11 Å². The van der Waals surface area contributed by atoms with E-state index < -0.39 is 5.97 Å². The van der Waals surface area contributed by atoms with Gasteiger partial charge in [0.15, 0.2) is 0 Å². The van der Waals surface area contributed by atoms with Crippen LogP contribution in [0.15, 0.2) is 27.7 Å². The zero-order valence-electron chi connectivity index (χ0n) is 6.80. The fraction of sp³-hybridized carbons (Fsp3) is 0. The molecule has 1 aromatic carbocycles. The lowest BCUT2D eigenvalue weighted by Crippen LogP contribution is -1.99. The van der Waals surface area contributed by atoms with Crippen LogP contribution >= 0.6 is 11.9 Å². The van der Waals surface area contributed by atoms with Gasteiger partial charge in [0, 0.05) is 4.58 Å². The molecule has 0 aliphatic carbocycles. The summed E-state index contributed by atoms with van der Waals surface area (Å²) in [6.45, 7) is 0. The van der Waals surface area contributed by atoms with Gasteiger partial charge in [0.25, 0.3) is 0 Å². The molecule has 1 aromatic rings. The zero-order valence-corrected chi connectivity index (χ0v) is 7.61. The average Bonchev–Trinajstić information content (AvgIpc) is 2.18. The molecule has 0 unspecified atom stereocenters. The fourth-order valence-corrected chi connectivity index (χ4v) is 1.47. The minimum Gasteiger partial charge on any atom is -0.478 e. The van der Waals surface area contributed by atoms with E-state index in [0.717, 1.165) is 0 Å². The number of hydrogen-bond donors (Lipinski definition) is 1. The quantitative estimate of drug-likeness (QED) is 0.606. The highest BCUT2D eigenvalue weighted by Gasteiger charge is 2.14. The van der Waals surface area contributed by atoms with Crippen LogP contribution in [0.2, 0.25) is 0 Å². The number of nitroso groups, excluding NO2 is 1. The predicted octanol–water partition coefficient (Wildman–Crippen LogP) is 2.03. The second-order valence-corrected chi connectivity index (χ2v) is 3.00. The number of carbonyl (C=O) groups is 1. The molecule has 0 bridgehead atoms. The van der Waals surface area contributed by atoms with Crippen LogP contribution < -0.4 is 0 Å². The highest BCUT2D eigenvalue weighted by atomic mass is 32.2. The third-order valence-corrected chi connectivity index (χ3v) is 2.19. The maximum atomic E-state index is 10.7. The monoisotopic (exact) mass is 208 g/mol. The Morgan fingerprint density at radius 1 is 1.57 bits per heavy atom. The van der Waals surface area contributed by atoms with Gasteiger partial charge in [0.05, 0.1) is 28.0 Å². The molecule has 0 fully saturated rings. The number of carboxylic acid groups (broad SMARTS) is 1. The molecule has 0 radical (unpaired) electrons. The molecule has 0 aliphatic heterocycles. The van der Waals surface area contributed by atoms with E-state index in [0.29, 0.717) is 11.9 Å². The highest BCUT2D eigenvalue weighted by Crippen LogP contribution is 2.27. The summed E-state index contributed by atoms with van der Waals surface area (Å²) >= 11 is 0.448. The molecule has 0 amide bonds. The van der Waals surface area contributed by atoms with Crippen LogP contribution in [-0.4, -0.2) is 11.1 Å². The standard InChI is InChI=1S/C8H4N2O3S/c9-4-5-2-1-3-6(8(11)12)7(5)14-10-13/h1-3H,(H,11,12). The number of hydrogen-bond acceptors (Lipinski definition) is 5. The third kappa shape index (κ3) is 1.89. The molecular formula is C8H4N2O3S. The Hall–Kier alpha value is -1.87. The van der Waals surface area contributed by atoms with Crippen LogP contribution in [0, 0.1) is 16.2 Å². The summed E-state index contributed by atoms with van der Waals surface area (Å²) in [6, 6.07) is 5.98. The van der Waals surface area contributed by atoms with Gasteiger partial charge in [0.2, 0.25) is 0 Å². The SMILES string of the molecule is N#Cc1cccc(C(=O)O)c1SN=O. The second-order valence-electron chi connectivity index (χ2n) is 2.27. The topological polar surface area (TPSA) is 90.5 Å². The molecule has 70 valence electrons. The number of rotatable bonds is 3. The van der Waals surface area contributed by atoms with Crippen molar-refractivity contribution in [2.24, 2.45) is 4.58 Å². The summed E-state index contributed by atoms with van der Waals surface area (Å²) in [5, 5.41) is 17.4. The van der Waals surface area contributed by atoms with Gasteiger partial charge >= 0.3 is 5.97 Å². The van der Waals surface area contributed by atoms with Crippen molar-refractivity contribution in [2.75, 3.05) is 0 Å². The summed E-state index contributed by atoms with van der Waals surface area (Å²) in [5.74, 6) is -1.19.